The minimum atomic E-state index is -0.745. The van der Waals surface area contributed by atoms with E-state index in [-0.39, 0.29) is 11.7 Å². The summed E-state index contributed by atoms with van der Waals surface area (Å²) in [4.78, 5) is 12.2. The summed E-state index contributed by atoms with van der Waals surface area (Å²) in [6.45, 7) is 6.25. The van der Waals surface area contributed by atoms with Crippen molar-refractivity contribution >= 4 is 5.78 Å². The molecule has 124 valence electrons. The van der Waals surface area contributed by atoms with E-state index in [1.807, 2.05) is 37.3 Å². The van der Waals surface area contributed by atoms with Gasteiger partial charge in [-0.05, 0) is 25.7 Å². The second kappa shape index (κ2) is 9.78. The average Bonchev–Trinajstić information content (AvgIpc) is 2.53. The number of carbonyl (C=O) groups is 1. The van der Waals surface area contributed by atoms with Crippen molar-refractivity contribution < 1.29 is 9.90 Å². The van der Waals surface area contributed by atoms with Crippen LogP contribution in [0.5, 0.6) is 0 Å². The summed E-state index contributed by atoms with van der Waals surface area (Å²) >= 11 is 0. The smallest absolute Gasteiger partial charge is 0.162 e. The lowest BCUT2D eigenvalue weighted by Gasteiger charge is -2.32. The molecule has 2 atom stereocenters. The first-order valence-electron chi connectivity index (χ1n) is 8.81. The molecule has 0 saturated carbocycles. The van der Waals surface area contributed by atoms with E-state index in [4.69, 9.17) is 0 Å². The number of aliphatic hydroxyl groups is 1. The van der Waals surface area contributed by atoms with Crippen LogP contribution in [0.3, 0.4) is 0 Å². The van der Waals surface area contributed by atoms with Gasteiger partial charge in [0.25, 0.3) is 0 Å². The van der Waals surface area contributed by atoms with Gasteiger partial charge >= 0.3 is 0 Å². The molecule has 1 rings (SSSR count). The molecule has 0 aromatic heterocycles. The minimum Gasteiger partial charge on any atom is -0.390 e. The third-order valence-corrected chi connectivity index (χ3v) is 4.73. The predicted molar refractivity (Wildman–Crippen MR) is 93.2 cm³/mol. The Hall–Kier alpha value is -1.15. The number of hydrogen-bond acceptors (Lipinski definition) is 2. The van der Waals surface area contributed by atoms with Crippen LogP contribution in [0.2, 0.25) is 0 Å². The fraction of sp³-hybridized carbons (Fsp3) is 0.650. The van der Waals surface area contributed by atoms with Gasteiger partial charge in [-0.2, -0.15) is 0 Å². The maximum absolute atomic E-state index is 12.2. The minimum absolute atomic E-state index is 0.127. The van der Waals surface area contributed by atoms with Crippen molar-refractivity contribution in [3.8, 4) is 0 Å². The number of ketones is 1. The van der Waals surface area contributed by atoms with Crippen molar-refractivity contribution in [1.29, 1.82) is 0 Å². The Bertz CT molecular complexity index is 423. The molecule has 0 saturated heterocycles. The van der Waals surface area contributed by atoms with Gasteiger partial charge in [-0.15, -0.1) is 0 Å². The van der Waals surface area contributed by atoms with Crippen molar-refractivity contribution in [2.24, 2.45) is 5.92 Å². The number of unbranched alkanes of at least 4 members (excludes halogenated alkanes) is 3. The lowest BCUT2D eigenvalue weighted by atomic mass is 9.79. The third-order valence-electron chi connectivity index (χ3n) is 4.73. The number of benzene rings is 1. The average molecular weight is 304 g/mol. The topological polar surface area (TPSA) is 37.3 Å². The zero-order valence-electron chi connectivity index (χ0n) is 14.5. The molecule has 1 aromatic carbocycles. The lowest BCUT2D eigenvalue weighted by molar-refractivity contribution is -0.0155. The number of rotatable bonds is 11. The van der Waals surface area contributed by atoms with E-state index in [1.54, 1.807) is 0 Å². The Balaban J connectivity index is 2.48. The molecule has 22 heavy (non-hydrogen) atoms. The van der Waals surface area contributed by atoms with Crippen molar-refractivity contribution in [2.75, 3.05) is 0 Å². The molecule has 2 nitrogen and oxygen atoms in total. The van der Waals surface area contributed by atoms with Gasteiger partial charge < -0.3 is 5.11 Å². The highest BCUT2D eigenvalue weighted by Crippen LogP contribution is 2.30. The highest BCUT2D eigenvalue weighted by atomic mass is 16.3. The van der Waals surface area contributed by atoms with Gasteiger partial charge in [0.1, 0.15) is 0 Å². The van der Waals surface area contributed by atoms with Gasteiger partial charge in [0, 0.05) is 12.0 Å². The summed E-state index contributed by atoms with van der Waals surface area (Å²) < 4.78 is 0. The molecule has 1 N–H and O–H groups in total. The van der Waals surface area contributed by atoms with Crippen LogP contribution in [-0.4, -0.2) is 16.5 Å². The van der Waals surface area contributed by atoms with Crippen LogP contribution < -0.4 is 0 Å². The second-order valence-corrected chi connectivity index (χ2v) is 6.60. The molecule has 0 heterocycles. The maximum Gasteiger partial charge on any atom is 0.162 e. The largest absolute Gasteiger partial charge is 0.390 e. The van der Waals surface area contributed by atoms with E-state index in [0.29, 0.717) is 12.8 Å². The summed E-state index contributed by atoms with van der Waals surface area (Å²) in [6, 6.07) is 9.37. The maximum atomic E-state index is 12.2. The molecule has 0 aliphatic rings. The quantitative estimate of drug-likeness (QED) is 0.439. The Morgan fingerprint density at radius 2 is 1.82 bits per heavy atom. The monoisotopic (exact) mass is 304 g/mol. The Morgan fingerprint density at radius 1 is 1.14 bits per heavy atom. The Morgan fingerprint density at radius 3 is 2.41 bits per heavy atom. The summed E-state index contributed by atoms with van der Waals surface area (Å²) in [5.74, 6) is 0.412. The van der Waals surface area contributed by atoms with E-state index in [2.05, 4.69) is 13.8 Å². The normalized spacial score (nSPS) is 15.3. The van der Waals surface area contributed by atoms with Crippen molar-refractivity contribution in [1.82, 2.24) is 0 Å². The molecule has 0 bridgehead atoms. The zero-order chi connectivity index (χ0) is 16.4. The van der Waals surface area contributed by atoms with Crippen LogP contribution in [0, 0.1) is 5.92 Å². The first-order chi connectivity index (χ1) is 10.5. The molecular weight excluding hydrogens is 272 g/mol. The van der Waals surface area contributed by atoms with Crippen LogP contribution in [-0.2, 0) is 0 Å². The van der Waals surface area contributed by atoms with Crippen molar-refractivity contribution in [3.05, 3.63) is 35.9 Å². The van der Waals surface area contributed by atoms with E-state index in [0.717, 1.165) is 18.4 Å². The van der Waals surface area contributed by atoms with Crippen molar-refractivity contribution in [3.63, 3.8) is 0 Å². The number of carbonyl (C=O) groups excluding carboxylic acids is 1. The molecule has 0 spiro atoms. The van der Waals surface area contributed by atoms with E-state index in [9.17, 15) is 9.90 Å². The molecule has 0 fully saturated rings. The van der Waals surface area contributed by atoms with Crippen molar-refractivity contribution in [2.45, 2.75) is 77.7 Å². The van der Waals surface area contributed by atoms with Crippen LogP contribution in [0.4, 0.5) is 0 Å². The van der Waals surface area contributed by atoms with Crippen LogP contribution in [0.25, 0.3) is 0 Å². The summed E-state index contributed by atoms with van der Waals surface area (Å²) in [5.41, 5.74) is 0.0000790. The standard InChI is InChI=1S/C20H32O2/c1-4-6-7-11-14-18(5-2)20(3,22)16-15-19(21)17-12-9-8-10-13-17/h8-10,12-13,18,22H,4-7,11,14-16H2,1-3H3. The summed E-state index contributed by atoms with van der Waals surface area (Å²) in [5, 5.41) is 10.8. The first kappa shape index (κ1) is 18.9. The second-order valence-electron chi connectivity index (χ2n) is 6.60. The molecule has 0 amide bonds. The number of Topliss-reactive ketones (excluding diaryl/α,β-unsaturated/α-hetero) is 1. The van der Waals surface area contributed by atoms with E-state index >= 15 is 0 Å². The zero-order valence-corrected chi connectivity index (χ0v) is 14.5. The highest BCUT2D eigenvalue weighted by Gasteiger charge is 2.30. The fourth-order valence-electron chi connectivity index (χ4n) is 3.11. The molecule has 2 heteroatoms. The molecule has 2 unspecified atom stereocenters. The molecule has 0 radical (unpaired) electrons. The van der Waals surface area contributed by atoms with Gasteiger partial charge in [0.05, 0.1) is 5.60 Å². The lowest BCUT2D eigenvalue weighted by Crippen LogP contribution is -2.35. The van der Waals surface area contributed by atoms with Gasteiger partial charge in [-0.25, -0.2) is 0 Å². The molecule has 1 aromatic rings. The highest BCUT2D eigenvalue weighted by molar-refractivity contribution is 5.95. The van der Waals surface area contributed by atoms with Gasteiger partial charge in [-0.3, -0.25) is 4.79 Å². The van der Waals surface area contributed by atoms with E-state index in [1.165, 1.54) is 25.7 Å². The van der Waals surface area contributed by atoms with Crippen LogP contribution in [0.15, 0.2) is 30.3 Å². The molecule has 0 aliphatic carbocycles. The van der Waals surface area contributed by atoms with E-state index < -0.39 is 5.60 Å². The van der Waals surface area contributed by atoms with Crippen LogP contribution in [0.1, 0.15) is 82.5 Å². The van der Waals surface area contributed by atoms with Gasteiger partial charge in [0.2, 0.25) is 0 Å². The SMILES string of the molecule is CCCCCCC(CC)C(C)(O)CCC(=O)c1ccccc1. The molecule has 0 aliphatic heterocycles. The van der Waals surface area contributed by atoms with Gasteiger partial charge in [-0.1, -0.05) is 76.3 Å². The van der Waals surface area contributed by atoms with Crippen LogP contribution >= 0.6 is 0 Å². The fourth-order valence-corrected chi connectivity index (χ4v) is 3.11. The Kier molecular flexibility index (Phi) is 8.40. The molecular formula is C20H32O2. The summed E-state index contributed by atoms with van der Waals surface area (Å²) in [7, 11) is 0. The number of hydrogen-bond donors (Lipinski definition) is 1. The third kappa shape index (κ3) is 6.31. The van der Waals surface area contributed by atoms with Gasteiger partial charge in [0.15, 0.2) is 5.78 Å². The predicted octanol–water partition coefficient (Wildman–Crippen LogP) is 5.40. The summed E-state index contributed by atoms with van der Waals surface area (Å²) in [6.07, 6.45) is 7.92. The first-order valence-corrected chi connectivity index (χ1v) is 8.81. The Labute approximate surface area is 135 Å².